The summed E-state index contributed by atoms with van der Waals surface area (Å²) in [6.07, 6.45) is 0. The number of carbonyl (C=O) groups excluding carboxylic acids is 2. The summed E-state index contributed by atoms with van der Waals surface area (Å²) in [5.41, 5.74) is 0.679. The molecule has 2 amide bonds. The molecule has 0 unspecified atom stereocenters. The van der Waals surface area contributed by atoms with Crippen LogP contribution >= 0.6 is 44.8 Å². The van der Waals surface area contributed by atoms with Crippen LogP contribution in [0, 0.1) is 20.2 Å². The summed E-state index contributed by atoms with van der Waals surface area (Å²) in [6.45, 7) is 0. The Morgan fingerprint density at radius 3 is 1.35 bits per heavy atom. The third-order valence-electron chi connectivity index (χ3n) is 5.31. The molecule has 0 saturated carbocycles. The van der Waals surface area contributed by atoms with Gasteiger partial charge in [-0.1, -0.05) is 69.1 Å². The van der Waals surface area contributed by atoms with E-state index in [1.807, 2.05) is 0 Å². The van der Waals surface area contributed by atoms with Crippen LogP contribution in [0.5, 0.6) is 0 Å². The van der Waals surface area contributed by atoms with Crippen LogP contribution in [0.2, 0.25) is 10.0 Å². The number of nitro groups is 2. The fourth-order valence-electron chi connectivity index (χ4n) is 3.36. The molecule has 0 spiro atoms. The van der Waals surface area contributed by atoms with E-state index in [0.717, 1.165) is 12.1 Å². The van der Waals surface area contributed by atoms with Gasteiger partial charge in [0.15, 0.2) is 0 Å². The summed E-state index contributed by atoms with van der Waals surface area (Å²) >= 11 is 12.2. The first-order chi connectivity index (χ1) is 19.1. The van der Waals surface area contributed by atoms with Crippen molar-refractivity contribution in [1.82, 2.24) is 0 Å². The first-order valence-corrected chi connectivity index (χ1v) is 14.1. The van der Waals surface area contributed by atoms with Crippen molar-refractivity contribution < 1.29 is 19.4 Å². The Hall–Kier alpha value is -4.10. The second-order valence-corrected chi connectivity index (χ2v) is 10.9. The molecule has 0 fully saturated rings. The van der Waals surface area contributed by atoms with E-state index in [-0.39, 0.29) is 32.5 Å². The van der Waals surface area contributed by atoms with E-state index in [1.165, 1.54) is 45.9 Å². The molecule has 2 N–H and O–H groups in total. The van der Waals surface area contributed by atoms with Gasteiger partial charge >= 0.3 is 0 Å². The minimum atomic E-state index is -0.600. The summed E-state index contributed by atoms with van der Waals surface area (Å²) in [4.78, 5) is 47.8. The van der Waals surface area contributed by atoms with Crippen molar-refractivity contribution in [3.8, 4) is 0 Å². The first kappa shape index (κ1) is 28.9. The van der Waals surface area contributed by atoms with Gasteiger partial charge in [0, 0.05) is 34.1 Å². The minimum Gasteiger partial charge on any atom is -0.321 e. The molecule has 4 rings (SSSR count). The molecule has 0 aliphatic rings. The molecule has 0 aliphatic carbocycles. The van der Waals surface area contributed by atoms with Crippen molar-refractivity contribution >= 4 is 79.4 Å². The van der Waals surface area contributed by atoms with E-state index in [4.69, 9.17) is 23.2 Å². The Kier molecular flexibility index (Phi) is 9.27. The maximum atomic E-state index is 12.9. The maximum Gasteiger partial charge on any atom is 0.270 e. The van der Waals surface area contributed by atoms with E-state index < -0.39 is 21.7 Å². The van der Waals surface area contributed by atoms with Gasteiger partial charge in [-0.2, -0.15) is 0 Å². The number of hydrogen-bond donors (Lipinski definition) is 2. The number of benzene rings is 4. The minimum absolute atomic E-state index is 0.0518. The number of anilines is 2. The van der Waals surface area contributed by atoms with Crippen molar-refractivity contribution in [1.29, 1.82) is 0 Å². The largest absolute Gasteiger partial charge is 0.321 e. The normalized spacial score (nSPS) is 10.6. The molecule has 0 aliphatic heterocycles. The van der Waals surface area contributed by atoms with Crippen LogP contribution in [0.3, 0.4) is 0 Å². The summed E-state index contributed by atoms with van der Waals surface area (Å²) in [5.74, 6) is -1.07. The predicted octanol–water partition coefficient (Wildman–Crippen LogP) is 8.11. The topological polar surface area (TPSA) is 144 Å². The highest BCUT2D eigenvalue weighted by Crippen LogP contribution is 2.43. The van der Waals surface area contributed by atoms with Crippen LogP contribution in [0.4, 0.5) is 22.7 Å². The third kappa shape index (κ3) is 6.90. The molecule has 202 valence electrons. The van der Waals surface area contributed by atoms with Gasteiger partial charge in [-0.15, -0.1) is 0 Å². The van der Waals surface area contributed by atoms with Crippen LogP contribution in [0.15, 0.2) is 94.7 Å². The third-order valence-corrected chi connectivity index (χ3v) is 8.42. The van der Waals surface area contributed by atoms with E-state index >= 15 is 0 Å². The fourth-order valence-corrected chi connectivity index (χ4v) is 6.16. The van der Waals surface area contributed by atoms with Crippen molar-refractivity contribution in [2.24, 2.45) is 0 Å². The number of rotatable bonds is 9. The fraction of sp³-hybridized carbons (Fsp3) is 0. The van der Waals surface area contributed by atoms with Gasteiger partial charge in [0.25, 0.3) is 23.2 Å². The Morgan fingerprint density at radius 2 is 1.00 bits per heavy atom. The number of nitrogens with one attached hydrogen (secondary N) is 2. The molecule has 10 nitrogen and oxygen atoms in total. The van der Waals surface area contributed by atoms with Crippen molar-refractivity contribution in [3.05, 3.63) is 126 Å². The highest BCUT2D eigenvalue weighted by atomic mass is 35.5. The highest BCUT2D eigenvalue weighted by molar-refractivity contribution is 8.76. The number of nitro benzene ring substituents is 2. The highest BCUT2D eigenvalue weighted by Gasteiger charge is 2.18. The monoisotopic (exact) mass is 614 g/mol. The molecule has 0 saturated heterocycles. The van der Waals surface area contributed by atoms with Gasteiger partial charge < -0.3 is 10.6 Å². The van der Waals surface area contributed by atoms with Crippen LogP contribution in [0.1, 0.15) is 20.7 Å². The number of amides is 2. The Bertz CT molecular complexity index is 1530. The molecule has 0 heterocycles. The summed E-state index contributed by atoms with van der Waals surface area (Å²) in [6, 6.07) is 21.3. The van der Waals surface area contributed by atoms with E-state index in [0.29, 0.717) is 21.2 Å². The average Bonchev–Trinajstić information content (AvgIpc) is 2.92. The Labute approximate surface area is 244 Å². The lowest BCUT2D eigenvalue weighted by Crippen LogP contribution is -2.13. The summed E-state index contributed by atoms with van der Waals surface area (Å²) in [7, 11) is 2.64. The molecule has 0 radical (unpaired) electrons. The lowest BCUT2D eigenvalue weighted by atomic mass is 10.2. The number of non-ortho nitro benzene ring substituents is 2. The zero-order chi connectivity index (χ0) is 28.8. The number of nitrogens with zero attached hydrogens (tertiary/aromatic N) is 2. The molecule has 0 atom stereocenters. The predicted molar refractivity (Wildman–Crippen MR) is 157 cm³/mol. The van der Waals surface area contributed by atoms with E-state index in [2.05, 4.69) is 10.6 Å². The van der Waals surface area contributed by atoms with Crippen LogP contribution in [0.25, 0.3) is 0 Å². The molecule has 40 heavy (non-hydrogen) atoms. The second-order valence-electron chi connectivity index (χ2n) is 7.91. The van der Waals surface area contributed by atoms with E-state index in [9.17, 15) is 29.8 Å². The number of para-hydroxylation sites is 2. The van der Waals surface area contributed by atoms with Crippen LogP contribution < -0.4 is 10.6 Å². The second kappa shape index (κ2) is 12.8. The summed E-state index contributed by atoms with van der Waals surface area (Å²) < 4.78 is 0. The molecule has 4 aromatic rings. The van der Waals surface area contributed by atoms with Gasteiger partial charge in [0.05, 0.1) is 42.4 Å². The Balaban J connectivity index is 1.48. The van der Waals surface area contributed by atoms with Gasteiger partial charge in [0.2, 0.25) is 0 Å². The molecule has 0 aromatic heterocycles. The lowest BCUT2D eigenvalue weighted by molar-refractivity contribution is -0.385. The van der Waals surface area contributed by atoms with E-state index in [1.54, 1.807) is 48.5 Å². The van der Waals surface area contributed by atoms with Crippen LogP contribution in [-0.2, 0) is 0 Å². The standard InChI is InChI=1S/C26H16Cl2N4O6S2/c27-19-13-15(31(35)36)9-11-17(19)25(33)29-21-5-1-3-7-23(21)39-40-24-8-4-2-6-22(24)30-26(34)18-12-10-16(32(37)38)14-20(18)28/h1-14H,(H,29,33)(H,30,34). The average molecular weight is 615 g/mol. The number of hydrogen-bond acceptors (Lipinski definition) is 8. The molecule has 14 heteroatoms. The zero-order valence-electron chi connectivity index (χ0n) is 20.0. The molecule has 0 bridgehead atoms. The maximum absolute atomic E-state index is 12.9. The van der Waals surface area contributed by atoms with Crippen LogP contribution in [-0.4, -0.2) is 21.7 Å². The van der Waals surface area contributed by atoms with Crippen molar-refractivity contribution in [2.45, 2.75) is 9.79 Å². The molecule has 4 aromatic carbocycles. The smallest absolute Gasteiger partial charge is 0.270 e. The van der Waals surface area contributed by atoms with Gasteiger partial charge in [-0.3, -0.25) is 29.8 Å². The van der Waals surface area contributed by atoms with Crippen molar-refractivity contribution in [3.63, 3.8) is 0 Å². The zero-order valence-corrected chi connectivity index (χ0v) is 23.1. The molecular weight excluding hydrogens is 599 g/mol. The Morgan fingerprint density at radius 1 is 0.625 bits per heavy atom. The quantitative estimate of drug-likeness (QED) is 0.109. The summed E-state index contributed by atoms with van der Waals surface area (Å²) in [5, 5.41) is 27.4. The van der Waals surface area contributed by atoms with Crippen molar-refractivity contribution in [2.75, 3.05) is 10.6 Å². The van der Waals surface area contributed by atoms with Gasteiger partial charge in [-0.25, -0.2) is 0 Å². The number of carbonyl (C=O) groups is 2. The SMILES string of the molecule is O=C(Nc1ccccc1SSc1ccccc1NC(=O)c1ccc([N+](=O)[O-])cc1Cl)c1ccc([N+](=O)[O-])cc1Cl. The first-order valence-electron chi connectivity index (χ1n) is 11.2. The molecular formula is C26H16Cl2N4O6S2. The lowest BCUT2D eigenvalue weighted by Gasteiger charge is -2.13. The van der Waals surface area contributed by atoms with Gasteiger partial charge in [-0.05, 0) is 36.4 Å². The number of halogens is 2. The van der Waals surface area contributed by atoms with Gasteiger partial charge in [0.1, 0.15) is 0 Å².